The number of amides is 2. The standard InChI is InChI=1S/C16H22ClN3O2/c1-10(18-2)9-19-16(22)13-8-14(21)20(3)15(13)11-5-4-6-12(17)7-11/h4-7,10,13,15,18H,8-9H2,1-3H3,(H,19,22). The van der Waals surface area contributed by atoms with Crippen molar-refractivity contribution < 1.29 is 9.59 Å². The predicted molar refractivity (Wildman–Crippen MR) is 86.6 cm³/mol. The molecule has 3 unspecified atom stereocenters. The SMILES string of the molecule is CNC(C)CNC(=O)C1CC(=O)N(C)C1c1cccc(Cl)c1. The molecule has 1 aromatic carbocycles. The second kappa shape index (κ2) is 7.11. The maximum Gasteiger partial charge on any atom is 0.226 e. The van der Waals surface area contributed by atoms with Gasteiger partial charge in [-0.3, -0.25) is 9.59 Å². The van der Waals surface area contributed by atoms with E-state index in [4.69, 9.17) is 11.6 Å². The summed E-state index contributed by atoms with van der Waals surface area (Å²) >= 11 is 6.04. The molecule has 6 heteroatoms. The summed E-state index contributed by atoms with van der Waals surface area (Å²) in [6.45, 7) is 2.52. The lowest BCUT2D eigenvalue weighted by Crippen LogP contribution is -2.41. The molecule has 2 N–H and O–H groups in total. The molecule has 5 nitrogen and oxygen atoms in total. The molecule has 1 aliphatic rings. The van der Waals surface area contributed by atoms with Crippen LogP contribution in [0.3, 0.4) is 0 Å². The first-order valence-corrected chi connectivity index (χ1v) is 7.78. The average molecular weight is 324 g/mol. The van der Waals surface area contributed by atoms with Gasteiger partial charge < -0.3 is 15.5 Å². The van der Waals surface area contributed by atoms with E-state index in [2.05, 4.69) is 10.6 Å². The number of carbonyl (C=O) groups is 2. The van der Waals surface area contributed by atoms with E-state index in [1.165, 1.54) is 0 Å². The van der Waals surface area contributed by atoms with Crippen LogP contribution in [-0.2, 0) is 9.59 Å². The van der Waals surface area contributed by atoms with E-state index in [9.17, 15) is 9.59 Å². The van der Waals surface area contributed by atoms with E-state index < -0.39 is 0 Å². The van der Waals surface area contributed by atoms with Crippen LogP contribution in [-0.4, -0.2) is 43.4 Å². The van der Waals surface area contributed by atoms with Crippen LogP contribution in [0.25, 0.3) is 0 Å². The third-order valence-corrected chi connectivity index (χ3v) is 4.42. The molecule has 0 radical (unpaired) electrons. The molecule has 1 aromatic rings. The minimum absolute atomic E-state index is 0.0215. The van der Waals surface area contributed by atoms with Gasteiger partial charge in [0.05, 0.1) is 12.0 Å². The Morgan fingerprint density at radius 2 is 2.23 bits per heavy atom. The minimum Gasteiger partial charge on any atom is -0.354 e. The van der Waals surface area contributed by atoms with Gasteiger partial charge in [-0.05, 0) is 31.7 Å². The Hall–Kier alpha value is -1.59. The minimum atomic E-state index is -0.389. The molecule has 0 spiro atoms. The lowest BCUT2D eigenvalue weighted by Gasteiger charge is -2.25. The Bertz CT molecular complexity index is 564. The fourth-order valence-corrected chi connectivity index (χ4v) is 2.94. The van der Waals surface area contributed by atoms with Crippen molar-refractivity contribution in [2.75, 3.05) is 20.6 Å². The second-order valence-corrected chi connectivity index (χ2v) is 6.19. The highest BCUT2D eigenvalue weighted by molar-refractivity contribution is 6.30. The van der Waals surface area contributed by atoms with E-state index in [1.54, 1.807) is 18.0 Å². The van der Waals surface area contributed by atoms with Crippen LogP contribution in [0.5, 0.6) is 0 Å². The lowest BCUT2D eigenvalue weighted by atomic mass is 9.93. The van der Waals surface area contributed by atoms with Crippen LogP contribution >= 0.6 is 11.6 Å². The summed E-state index contributed by atoms with van der Waals surface area (Å²) in [6.07, 6.45) is 0.230. The maximum atomic E-state index is 12.5. The largest absolute Gasteiger partial charge is 0.354 e. The molecule has 1 fully saturated rings. The molecule has 1 heterocycles. The van der Waals surface area contributed by atoms with Crippen LogP contribution in [0.1, 0.15) is 24.9 Å². The van der Waals surface area contributed by atoms with Crippen LogP contribution in [0.4, 0.5) is 0 Å². The first kappa shape index (κ1) is 16.8. The third-order valence-electron chi connectivity index (χ3n) is 4.19. The zero-order valence-corrected chi connectivity index (χ0v) is 13.9. The molecule has 2 amide bonds. The molecular formula is C16H22ClN3O2. The zero-order chi connectivity index (χ0) is 16.3. The average Bonchev–Trinajstić information content (AvgIpc) is 2.80. The van der Waals surface area contributed by atoms with Crippen molar-refractivity contribution in [1.82, 2.24) is 15.5 Å². The van der Waals surface area contributed by atoms with E-state index in [0.29, 0.717) is 11.6 Å². The number of likely N-dealkylation sites (tertiary alicyclic amines) is 1. The Morgan fingerprint density at radius 3 is 2.86 bits per heavy atom. The van der Waals surface area contributed by atoms with Gasteiger partial charge in [-0.15, -0.1) is 0 Å². The quantitative estimate of drug-likeness (QED) is 0.865. The van der Waals surface area contributed by atoms with Crippen LogP contribution < -0.4 is 10.6 Å². The number of nitrogens with one attached hydrogen (secondary N) is 2. The number of benzene rings is 1. The summed E-state index contributed by atoms with van der Waals surface area (Å²) < 4.78 is 0. The number of hydrogen-bond acceptors (Lipinski definition) is 3. The Balaban J connectivity index is 2.18. The molecule has 0 saturated carbocycles. The van der Waals surface area contributed by atoms with Gasteiger partial charge in [-0.2, -0.15) is 0 Å². The highest BCUT2D eigenvalue weighted by atomic mass is 35.5. The van der Waals surface area contributed by atoms with Crippen molar-refractivity contribution in [2.24, 2.45) is 5.92 Å². The van der Waals surface area contributed by atoms with Gasteiger partial charge in [-0.1, -0.05) is 23.7 Å². The number of carbonyl (C=O) groups excluding carboxylic acids is 2. The van der Waals surface area contributed by atoms with Gasteiger partial charge in [0.25, 0.3) is 0 Å². The molecule has 120 valence electrons. The fraction of sp³-hybridized carbons (Fsp3) is 0.500. The molecular weight excluding hydrogens is 302 g/mol. The van der Waals surface area contributed by atoms with Crippen LogP contribution in [0, 0.1) is 5.92 Å². The van der Waals surface area contributed by atoms with E-state index in [0.717, 1.165) is 5.56 Å². The molecule has 1 aliphatic heterocycles. The summed E-state index contributed by atoms with van der Waals surface area (Å²) in [5.74, 6) is -0.503. The first-order chi connectivity index (χ1) is 10.4. The van der Waals surface area contributed by atoms with Gasteiger partial charge in [-0.25, -0.2) is 0 Å². The molecule has 22 heavy (non-hydrogen) atoms. The molecule has 0 aromatic heterocycles. The fourth-order valence-electron chi connectivity index (χ4n) is 2.74. The number of likely N-dealkylation sites (N-methyl/N-ethyl adjacent to an activating group) is 1. The van der Waals surface area contributed by atoms with Gasteiger partial charge >= 0.3 is 0 Å². The van der Waals surface area contributed by atoms with Gasteiger partial charge in [0, 0.05) is 31.1 Å². The maximum absolute atomic E-state index is 12.5. The number of rotatable bonds is 5. The second-order valence-electron chi connectivity index (χ2n) is 5.75. The number of hydrogen-bond donors (Lipinski definition) is 2. The van der Waals surface area contributed by atoms with Gasteiger partial charge in [0.2, 0.25) is 11.8 Å². The summed E-state index contributed by atoms with van der Waals surface area (Å²) in [7, 11) is 3.58. The molecule has 2 rings (SSSR count). The van der Waals surface area contributed by atoms with Gasteiger partial charge in [0.1, 0.15) is 0 Å². The van der Waals surface area contributed by atoms with Crippen LogP contribution in [0.15, 0.2) is 24.3 Å². The summed E-state index contributed by atoms with van der Waals surface area (Å²) in [5, 5.41) is 6.59. The Kier molecular flexibility index (Phi) is 5.42. The van der Waals surface area contributed by atoms with E-state index >= 15 is 0 Å². The number of halogens is 1. The molecule has 0 aliphatic carbocycles. The highest BCUT2D eigenvalue weighted by Gasteiger charge is 2.42. The van der Waals surface area contributed by atoms with Crippen molar-refractivity contribution >= 4 is 23.4 Å². The van der Waals surface area contributed by atoms with Crippen molar-refractivity contribution in [1.29, 1.82) is 0 Å². The molecule has 1 saturated heterocycles. The van der Waals surface area contributed by atoms with Crippen molar-refractivity contribution in [3.05, 3.63) is 34.9 Å². The highest BCUT2D eigenvalue weighted by Crippen LogP contribution is 2.37. The topological polar surface area (TPSA) is 61.4 Å². The Labute approximate surface area is 136 Å². The third kappa shape index (κ3) is 3.59. The van der Waals surface area contributed by atoms with Crippen molar-refractivity contribution in [3.63, 3.8) is 0 Å². The van der Waals surface area contributed by atoms with Crippen LogP contribution in [0.2, 0.25) is 5.02 Å². The smallest absolute Gasteiger partial charge is 0.226 e. The molecule has 3 atom stereocenters. The molecule has 0 bridgehead atoms. The van der Waals surface area contributed by atoms with Gasteiger partial charge in [0.15, 0.2) is 0 Å². The summed E-state index contributed by atoms with van der Waals surface area (Å²) in [4.78, 5) is 26.2. The summed E-state index contributed by atoms with van der Waals surface area (Å²) in [5.41, 5.74) is 0.891. The van der Waals surface area contributed by atoms with E-state index in [1.807, 2.05) is 32.2 Å². The normalized spacial score (nSPS) is 22.7. The van der Waals surface area contributed by atoms with Crippen molar-refractivity contribution in [3.8, 4) is 0 Å². The predicted octanol–water partition coefficient (Wildman–Crippen LogP) is 1.58. The van der Waals surface area contributed by atoms with E-state index in [-0.39, 0.29) is 36.2 Å². The summed E-state index contributed by atoms with van der Waals surface area (Å²) in [6, 6.07) is 7.26. The number of nitrogens with zero attached hydrogens (tertiary/aromatic N) is 1. The van der Waals surface area contributed by atoms with Crippen molar-refractivity contribution in [2.45, 2.75) is 25.4 Å². The monoisotopic (exact) mass is 323 g/mol. The first-order valence-electron chi connectivity index (χ1n) is 7.40. The zero-order valence-electron chi connectivity index (χ0n) is 13.1. The Morgan fingerprint density at radius 1 is 1.50 bits per heavy atom. The lowest BCUT2D eigenvalue weighted by molar-refractivity contribution is -0.128.